The molecule has 1 N–H and O–H groups in total. The van der Waals surface area contributed by atoms with Crippen LogP contribution in [-0.4, -0.2) is 9.30 Å². The predicted molar refractivity (Wildman–Crippen MR) is 76.2 cm³/mol. The van der Waals surface area contributed by atoms with Gasteiger partial charge in [0, 0.05) is 15.8 Å². The van der Waals surface area contributed by atoms with Crippen LogP contribution >= 0.6 is 15.9 Å². The fraction of sp³-hybridized carbons (Fsp3) is 0.538. The Labute approximate surface area is 115 Å². The van der Waals surface area contributed by atoms with Gasteiger partial charge in [0.15, 0.2) is 0 Å². The first-order chi connectivity index (χ1) is 7.89. The third kappa shape index (κ3) is 2.87. The molecule has 0 saturated heterocycles. The average Bonchev–Trinajstić information content (AvgIpc) is 2.62. The van der Waals surface area contributed by atoms with E-state index < -0.39 is 11.4 Å². The quantitative estimate of drug-likeness (QED) is 0.848. The SMILES string of the molecule is CC(C)(C)[S@@+]([O-])N[C@H]1CCc2c(Br)cccc21. The van der Waals surface area contributed by atoms with E-state index in [2.05, 4.69) is 32.8 Å². The Kier molecular flexibility index (Phi) is 3.88. The van der Waals surface area contributed by atoms with E-state index in [-0.39, 0.29) is 10.8 Å². The molecule has 0 spiro atoms. The summed E-state index contributed by atoms with van der Waals surface area (Å²) in [4.78, 5) is 0. The summed E-state index contributed by atoms with van der Waals surface area (Å²) in [6.07, 6.45) is 2.08. The molecule has 0 unspecified atom stereocenters. The smallest absolute Gasteiger partial charge is 0.136 e. The van der Waals surface area contributed by atoms with Crippen LogP contribution in [0.5, 0.6) is 0 Å². The molecule has 0 aliphatic heterocycles. The summed E-state index contributed by atoms with van der Waals surface area (Å²) in [7, 11) is 0. The monoisotopic (exact) mass is 315 g/mol. The average molecular weight is 316 g/mol. The van der Waals surface area contributed by atoms with Crippen molar-refractivity contribution in [3.05, 3.63) is 33.8 Å². The van der Waals surface area contributed by atoms with E-state index in [4.69, 9.17) is 0 Å². The highest BCUT2D eigenvalue weighted by atomic mass is 79.9. The second kappa shape index (κ2) is 4.92. The van der Waals surface area contributed by atoms with Gasteiger partial charge in [0.05, 0.1) is 6.04 Å². The predicted octanol–water partition coefficient (Wildman–Crippen LogP) is 3.49. The Bertz CT molecular complexity index is 416. The fourth-order valence-corrected chi connectivity index (χ4v) is 3.47. The molecular weight excluding hydrogens is 298 g/mol. The minimum atomic E-state index is -1.01. The molecule has 0 bridgehead atoms. The molecule has 1 aliphatic rings. The molecule has 0 radical (unpaired) electrons. The molecule has 4 heteroatoms. The summed E-state index contributed by atoms with van der Waals surface area (Å²) < 4.78 is 16.3. The van der Waals surface area contributed by atoms with Crippen LogP contribution in [0.25, 0.3) is 0 Å². The zero-order valence-corrected chi connectivity index (χ0v) is 12.8. The Morgan fingerprint density at radius 3 is 2.76 bits per heavy atom. The van der Waals surface area contributed by atoms with Crippen molar-refractivity contribution in [3.63, 3.8) is 0 Å². The summed E-state index contributed by atoms with van der Waals surface area (Å²) in [5.74, 6) is 0. The Morgan fingerprint density at radius 2 is 2.12 bits per heavy atom. The molecular formula is C13H18BrNOS. The minimum Gasteiger partial charge on any atom is -0.598 e. The molecule has 2 atom stereocenters. The van der Waals surface area contributed by atoms with Crippen LogP contribution < -0.4 is 4.72 Å². The maximum absolute atomic E-state index is 12.1. The second-order valence-corrected chi connectivity index (χ2v) is 8.25. The van der Waals surface area contributed by atoms with E-state index in [1.807, 2.05) is 26.8 Å². The first-order valence-electron chi connectivity index (χ1n) is 5.85. The number of rotatable bonds is 2. The largest absolute Gasteiger partial charge is 0.598 e. The van der Waals surface area contributed by atoms with Crippen molar-refractivity contribution in [2.75, 3.05) is 0 Å². The van der Waals surface area contributed by atoms with Gasteiger partial charge in [-0.25, -0.2) is 0 Å². The third-order valence-electron chi connectivity index (χ3n) is 3.02. The maximum atomic E-state index is 12.1. The molecule has 2 rings (SSSR count). The molecule has 2 nitrogen and oxygen atoms in total. The van der Waals surface area contributed by atoms with E-state index in [1.54, 1.807) is 0 Å². The Morgan fingerprint density at radius 1 is 1.41 bits per heavy atom. The number of hydrogen-bond donors (Lipinski definition) is 1. The topological polar surface area (TPSA) is 35.1 Å². The van der Waals surface area contributed by atoms with E-state index in [0.717, 1.165) is 12.8 Å². The molecule has 0 fully saturated rings. The van der Waals surface area contributed by atoms with E-state index in [1.165, 1.54) is 15.6 Å². The lowest BCUT2D eigenvalue weighted by Gasteiger charge is -2.26. The number of fused-ring (bicyclic) bond motifs is 1. The lowest BCUT2D eigenvalue weighted by atomic mass is 10.1. The molecule has 0 amide bonds. The van der Waals surface area contributed by atoms with Crippen molar-refractivity contribution in [2.45, 2.75) is 44.4 Å². The number of benzene rings is 1. The van der Waals surface area contributed by atoms with Crippen LogP contribution in [0.15, 0.2) is 22.7 Å². The van der Waals surface area contributed by atoms with E-state index in [0.29, 0.717) is 0 Å². The van der Waals surface area contributed by atoms with Gasteiger partial charge in [0.2, 0.25) is 0 Å². The molecule has 1 aromatic carbocycles. The van der Waals surface area contributed by atoms with E-state index >= 15 is 0 Å². The van der Waals surface area contributed by atoms with Gasteiger partial charge >= 0.3 is 0 Å². The maximum Gasteiger partial charge on any atom is 0.136 e. The zero-order valence-electron chi connectivity index (χ0n) is 10.4. The number of nitrogens with one attached hydrogen (secondary N) is 1. The van der Waals surface area contributed by atoms with Crippen LogP contribution in [0.3, 0.4) is 0 Å². The van der Waals surface area contributed by atoms with Gasteiger partial charge in [-0.15, -0.1) is 4.72 Å². The normalized spacial score (nSPS) is 21.4. The first-order valence-corrected chi connectivity index (χ1v) is 7.79. The molecule has 0 aromatic heterocycles. The van der Waals surface area contributed by atoms with Gasteiger partial charge in [0.25, 0.3) is 0 Å². The number of halogens is 1. The highest BCUT2D eigenvalue weighted by Gasteiger charge is 2.33. The Balaban J connectivity index is 2.15. The second-order valence-electron chi connectivity index (χ2n) is 5.40. The molecule has 1 aliphatic carbocycles. The summed E-state index contributed by atoms with van der Waals surface area (Å²) in [5, 5.41) is 0. The third-order valence-corrected chi connectivity index (χ3v) is 5.37. The van der Waals surface area contributed by atoms with Gasteiger partial charge in [-0.05, 0) is 50.8 Å². The number of hydrogen-bond acceptors (Lipinski definition) is 2. The van der Waals surface area contributed by atoms with Crippen LogP contribution in [0.1, 0.15) is 44.4 Å². The van der Waals surface area contributed by atoms with Crippen molar-refractivity contribution < 1.29 is 4.55 Å². The molecule has 94 valence electrons. The van der Waals surface area contributed by atoms with Crippen molar-refractivity contribution in [1.29, 1.82) is 0 Å². The van der Waals surface area contributed by atoms with E-state index in [9.17, 15) is 4.55 Å². The summed E-state index contributed by atoms with van der Waals surface area (Å²) in [6, 6.07) is 6.47. The van der Waals surface area contributed by atoms with Crippen LogP contribution in [0, 0.1) is 0 Å². The summed E-state index contributed by atoms with van der Waals surface area (Å²) in [5.41, 5.74) is 2.65. The standard InChI is InChI=1S/C13H18BrNOS/c1-13(2,3)17(16)15-12-8-7-9-10(12)5-4-6-11(9)14/h4-6,12,15H,7-8H2,1-3H3/t12-,17+/m0/s1. The van der Waals surface area contributed by atoms with Crippen LogP contribution in [-0.2, 0) is 17.8 Å². The lowest BCUT2D eigenvalue weighted by molar-refractivity contribution is 0.522. The van der Waals surface area contributed by atoms with Crippen LogP contribution in [0.4, 0.5) is 0 Å². The van der Waals surface area contributed by atoms with Crippen LogP contribution in [0.2, 0.25) is 0 Å². The highest BCUT2D eigenvalue weighted by Crippen LogP contribution is 2.36. The minimum absolute atomic E-state index is 0.214. The first kappa shape index (κ1) is 13.4. The van der Waals surface area contributed by atoms with Gasteiger partial charge in [-0.3, -0.25) is 0 Å². The highest BCUT2D eigenvalue weighted by molar-refractivity contribution is 9.10. The molecule has 0 heterocycles. The van der Waals surface area contributed by atoms with Gasteiger partial charge in [-0.1, -0.05) is 28.1 Å². The summed E-state index contributed by atoms with van der Waals surface area (Å²) >= 11 is 2.57. The molecule has 0 saturated carbocycles. The van der Waals surface area contributed by atoms with Gasteiger partial charge in [-0.2, -0.15) is 0 Å². The zero-order chi connectivity index (χ0) is 12.6. The molecule has 1 aromatic rings. The van der Waals surface area contributed by atoms with Gasteiger partial charge in [0.1, 0.15) is 4.75 Å². The fourth-order valence-electron chi connectivity index (χ4n) is 2.04. The van der Waals surface area contributed by atoms with Crippen molar-refractivity contribution in [1.82, 2.24) is 4.72 Å². The summed E-state index contributed by atoms with van der Waals surface area (Å²) in [6.45, 7) is 5.98. The molecule has 17 heavy (non-hydrogen) atoms. The lowest BCUT2D eigenvalue weighted by Crippen LogP contribution is -2.40. The van der Waals surface area contributed by atoms with Gasteiger partial charge < -0.3 is 4.55 Å². The van der Waals surface area contributed by atoms with Crippen molar-refractivity contribution in [3.8, 4) is 0 Å². The Hall–Kier alpha value is -0.0300. The van der Waals surface area contributed by atoms with Crippen molar-refractivity contribution in [2.24, 2.45) is 0 Å². The van der Waals surface area contributed by atoms with Crippen molar-refractivity contribution >= 4 is 27.3 Å².